The van der Waals surface area contributed by atoms with E-state index >= 15 is 0 Å². The molecule has 1 heterocycles. The molecule has 0 spiro atoms. The molecule has 112 valence electrons. The van der Waals surface area contributed by atoms with Crippen molar-refractivity contribution in [1.82, 2.24) is 14.7 Å². The molecule has 2 aromatic rings. The van der Waals surface area contributed by atoms with Gasteiger partial charge in [-0.15, -0.1) is 0 Å². The number of nitrogens with two attached hydrogens (primary N) is 1. The monoisotopic (exact) mass is 371 g/mol. The lowest BCUT2D eigenvalue weighted by molar-refractivity contribution is 0.566. The normalized spacial score (nSPS) is 12.9. The average molecular weight is 372 g/mol. The number of halogens is 1. The third kappa shape index (κ3) is 3.97. The standard InChI is InChI=1S/C12H14BrN5O2S/c1-8(9-2-4-10(13)5-3-9)18-21(19,20)11-6-15-12(17-14)16-7-11/h2-8,18H,14H2,1H3,(H,15,16,17). The first-order valence-electron chi connectivity index (χ1n) is 5.99. The van der Waals surface area contributed by atoms with Crippen molar-refractivity contribution in [2.45, 2.75) is 17.9 Å². The molecule has 7 nitrogen and oxygen atoms in total. The lowest BCUT2D eigenvalue weighted by Gasteiger charge is -2.14. The Balaban J connectivity index is 2.17. The molecule has 4 N–H and O–H groups in total. The fourth-order valence-corrected chi connectivity index (χ4v) is 3.03. The van der Waals surface area contributed by atoms with Crippen molar-refractivity contribution >= 4 is 31.9 Å². The van der Waals surface area contributed by atoms with Crippen molar-refractivity contribution < 1.29 is 8.42 Å². The number of hydrazine groups is 1. The van der Waals surface area contributed by atoms with Gasteiger partial charge in [-0.3, -0.25) is 5.43 Å². The molecule has 2 rings (SSSR count). The van der Waals surface area contributed by atoms with Crippen LogP contribution in [0.2, 0.25) is 0 Å². The molecular weight excluding hydrogens is 358 g/mol. The van der Waals surface area contributed by atoms with E-state index in [1.165, 1.54) is 12.4 Å². The minimum absolute atomic E-state index is 0.0227. The zero-order valence-electron chi connectivity index (χ0n) is 11.1. The van der Waals surface area contributed by atoms with Gasteiger partial charge in [0.1, 0.15) is 4.90 Å². The van der Waals surface area contributed by atoms with E-state index in [1.807, 2.05) is 24.3 Å². The minimum Gasteiger partial charge on any atom is -0.292 e. The summed E-state index contributed by atoms with van der Waals surface area (Å²) < 4.78 is 28.0. The van der Waals surface area contributed by atoms with E-state index in [1.54, 1.807) is 6.92 Å². The van der Waals surface area contributed by atoms with Gasteiger partial charge in [0.15, 0.2) is 0 Å². The number of sulfonamides is 1. The lowest BCUT2D eigenvalue weighted by atomic mass is 10.1. The highest BCUT2D eigenvalue weighted by molar-refractivity contribution is 9.10. The predicted octanol–water partition coefficient (Wildman–Crippen LogP) is 1.56. The van der Waals surface area contributed by atoms with Crippen molar-refractivity contribution in [3.05, 3.63) is 46.7 Å². The molecule has 1 aromatic heterocycles. The van der Waals surface area contributed by atoms with E-state index in [4.69, 9.17) is 5.84 Å². The molecule has 1 aromatic carbocycles. The number of aromatic nitrogens is 2. The smallest absolute Gasteiger partial charge is 0.244 e. The number of hydrogen-bond acceptors (Lipinski definition) is 6. The summed E-state index contributed by atoms with van der Waals surface area (Å²) in [7, 11) is -3.70. The maximum Gasteiger partial charge on any atom is 0.244 e. The largest absolute Gasteiger partial charge is 0.292 e. The Morgan fingerprint density at radius 1 is 1.19 bits per heavy atom. The first kappa shape index (κ1) is 15.8. The van der Waals surface area contributed by atoms with E-state index in [0.717, 1.165) is 10.0 Å². The van der Waals surface area contributed by atoms with Crippen LogP contribution in [0.3, 0.4) is 0 Å². The Labute approximate surface area is 131 Å². The minimum atomic E-state index is -3.70. The molecule has 21 heavy (non-hydrogen) atoms. The zero-order chi connectivity index (χ0) is 15.5. The molecular formula is C12H14BrN5O2S. The van der Waals surface area contributed by atoms with Crippen LogP contribution < -0.4 is 16.0 Å². The fraction of sp³-hybridized carbons (Fsp3) is 0.167. The summed E-state index contributed by atoms with van der Waals surface area (Å²) in [6.07, 6.45) is 2.39. The van der Waals surface area contributed by atoms with Gasteiger partial charge in [0.25, 0.3) is 0 Å². The Kier molecular flexibility index (Phi) is 4.88. The van der Waals surface area contributed by atoms with E-state index in [2.05, 4.69) is 36.0 Å². The van der Waals surface area contributed by atoms with Crippen LogP contribution >= 0.6 is 15.9 Å². The predicted molar refractivity (Wildman–Crippen MR) is 82.7 cm³/mol. The van der Waals surface area contributed by atoms with Crippen LogP contribution in [0.4, 0.5) is 5.95 Å². The van der Waals surface area contributed by atoms with E-state index in [0.29, 0.717) is 0 Å². The van der Waals surface area contributed by atoms with Crippen LogP contribution in [0.25, 0.3) is 0 Å². The van der Waals surface area contributed by atoms with Crippen LogP contribution in [0, 0.1) is 0 Å². The molecule has 1 unspecified atom stereocenters. The van der Waals surface area contributed by atoms with Gasteiger partial charge in [0.2, 0.25) is 16.0 Å². The summed E-state index contributed by atoms with van der Waals surface area (Å²) in [5.41, 5.74) is 3.09. The first-order valence-corrected chi connectivity index (χ1v) is 8.26. The highest BCUT2D eigenvalue weighted by atomic mass is 79.9. The van der Waals surface area contributed by atoms with Crippen molar-refractivity contribution in [3.8, 4) is 0 Å². The molecule has 0 aliphatic carbocycles. The van der Waals surface area contributed by atoms with Gasteiger partial charge in [0.05, 0.1) is 12.4 Å². The molecule has 0 saturated carbocycles. The van der Waals surface area contributed by atoms with Gasteiger partial charge >= 0.3 is 0 Å². The van der Waals surface area contributed by atoms with Gasteiger partial charge < -0.3 is 0 Å². The molecule has 9 heteroatoms. The molecule has 0 fully saturated rings. The van der Waals surface area contributed by atoms with Crippen molar-refractivity contribution in [2.24, 2.45) is 5.84 Å². The molecule has 0 bridgehead atoms. The van der Waals surface area contributed by atoms with Gasteiger partial charge in [0, 0.05) is 10.5 Å². The first-order chi connectivity index (χ1) is 9.92. The second-order valence-corrected chi connectivity index (χ2v) is 6.91. The summed E-state index contributed by atoms with van der Waals surface area (Å²) in [6.45, 7) is 1.76. The summed E-state index contributed by atoms with van der Waals surface area (Å²) in [5, 5.41) is 0. The number of nitrogen functional groups attached to an aromatic ring is 1. The quantitative estimate of drug-likeness (QED) is 0.543. The third-order valence-electron chi connectivity index (χ3n) is 2.77. The molecule has 0 aliphatic heterocycles. The van der Waals surface area contributed by atoms with Crippen molar-refractivity contribution in [2.75, 3.05) is 5.43 Å². The number of nitrogens with one attached hydrogen (secondary N) is 2. The lowest BCUT2D eigenvalue weighted by Crippen LogP contribution is -2.27. The topological polar surface area (TPSA) is 110 Å². The summed E-state index contributed by atoms with van der Waals surface area (Å²) in [6, 6.07) is 7.01. The maximum atomic E-state index is 12.2. The van der Waals surface area contributed by atoms with Gasteiger partial charge in [-0.2, -0.15) is 0 Å². The second kappa shape index (κ2) is 6.48. The van der Waals surface area contributed by atoms with Crippen molar-refractivity contribution in [3.63, 3.8) is 0 Å². The highest BCUT2D eigenvalue weighted by Gasteiger charge is 2.19. The Morgan fingerprint density at radius 3 is 2.29 bits per heavy atom. The van der Waals surface area contributed by atoms with E-state index < -0.39 is 10.0 Å². The van der Waals surface area contributed by atoms with Crippen LogP contribution in [0.1, 0.15) is 18.5 Å². The molecule has 0 amide bonds. The van der Waals surface area contributed by atoms with Gasteiger partial charge in [-0.1, -0.05) is 28.1 Å². The summed E-state index contributed by atoms with van der Waals surface area (Å²) in [4.78, 5) is 7.54. The van der Waals surface area contributed by atoms with Crippen LogP contribution in [-0.4, -0.2) is 18.4 Å². The number of hydrogen-bond donors (Lipinski definition) is 3. The molecule has 1 atom stereocenters. The Morgan fingerprint density at radius 2 is 1.76 bits per heavy atom. The summed E-state index contributed by atoms with van der Waals surface area (Å²) >= 11 is 3.33. The van der Waals surface area contributed by atoms with Crippen LogP contribution in [-0.2, 0) is 10.0 Å². The number of anilines is 1. The molecule has 0 aliphatic rings. The van der Waals surface area contributed by atoms with Gasteiger partial charge in [-0.05, 0) is 24.6 Å². The van der Waals surface area contributed by atoms with Crippen LogP contribution in [0.15, 0.2) is 46.0 Å². The zero-order valence-corrected chi connectivity index (χ0v) is 13.5. The van der Waals surface area contributed by atoms with E-state index in [-0.39, 0.29) is 16.9 Å². The van der Waals surface area contributed by atoms with E-state index in [9.17, 15) is 8.42 Å². The maximum absolute atomic E-state index is 12.2. The summed E-state index contributed by atoms with van der Waals surface area (Å²) in [5.74, 6) is 5.28. The Hall–Kier alpha value is -1.55. The fourth-order valence-electron chi connectivity index (χ4n) is 1.65. The van der Waals surface area contributed by atoms with Crippen molar-refractivity contribution in [1.29, 1.82) is 0 Å². The van der Waals surface area contributed by atoms with Gasteiger partial charge in [-0.25, -0.2) is 29.0 Å². The molecule has 0 saturated heterocycles. The second-order valence-electron chi connectivity index (χ2n) is 4.28. The molecule has 0 radical (unpaired) electrons. The Bertz CT molecular complexity index is 703. The average Bonchev–Trinajstić information content (AvgIpc) is 2.47. The number of benzene rings is 1. The number of rotatable bonds is 5. The highest BCUT2D eigenvalue weighted by Crippen LogP contribution is 2.19. The number of nitrogens with zero attached hydrogens (tertiary/aromatic N) is 2. The SMILES string of the molecule is CC(NS(=O)(=O)c1cnc(NN)nc1)c1ccc(Br)cc1. The van der Waals surface area contributed by atoms with Crippen LogP contribution in [0.5, 0.6) is 0 Å². The third-order valence-corrected chi connectivity index (χ3v) is 4.79.